The summed E-state index contributed by atoms with van der Waals surface area (Å²) in [5.41, 5.74) is 1.09. The average Bonchev–Trinajstić information content (AvgIpc) is 2.83. The summed E-state index contributed by atoms with van der Waals surface area (Å²) < 4.78 is 10.7. The average molecular weight is 335 g/mol. The minimum Gasteiger partial charge on any atom is -0.493 e. The molecule has 1 fully saturated rings. The molecule has 0 spiro atoms. The van der Waals surface area contributed by atoms with Gasteiger partial charge in [-0.3, -0.25) is 14.9 Å². The molecule has 122 valence electrons. The molecule has 23 heavy (non-hydrogen) atoms. The number of amides is 2. The van der Waals surface area contributed by atoms with Crippen molar-refractivity contribution >= 4 is 35.2 Å². The molecule has 1 aromatic rings. The summed E-state index contributed by atoms with van der Waals surface area (Å²) in [5.74, 6) is 0.413. The van der Waals surface area contributed by atoms with Gasteiger partial charge in [0, 0.05) is 6.54 Å². The second kappa shape index (κ2) is 7.59. The third-order valence-electron chi connectivity index (χ3n) is 2.95. The van der Waals surface area contributed by atoms with E-state index in [2.05, 4.69) is 16.0 Å². The lowest BCUT2D eigenvalue weighted by atomic mass is 10.1. The topological polar surface area (TPSA) is 88.7 Å². The van der Waals surface area contributed by atoms with Crippen molar-refractivity contribution in [3.05, 3.63) is 29.5 Å². The van der Waals surface area contributed by atoms with Crippen molar-refractivity contribution in [2.45, 2.75) is 6.92 Å². The Morgan fingerprint density at radius 2 is 2.13 bits per heavy atom. The first kappa shape index (κ1) is 16.8. The Kier molecular flexibility index (Phi) is 5.53. The fourth-order valence-electron chi connectivity index (χ4n) is 1.93. The Bertz CT molecular complexity index is 673. The van der Waals surface area contributed by atoms with Crippen LogP contribution >= 0.6 is 12.2 Å². The minimum atomic E-state index is -0.287. The lowest BCUT2D eigenvalue weighted by Gasteiger charge is -2.11. The summed E-state index contributed by atoms with van der Waals surface area (Å²) in [6.45, 7) is 2.28. The zero-order valence-corrected chi connectivity index (χ0v) is 13.6. The van der Waals surface area contributed by atoms with Crippen LogP contribution in [0.25, 0.3) is 6.08 Å². The predicted molar refractivity (Wildman–Crippen MR) is 89.0 cm³/mol. The van der Waals surface area contributed by atoms with E-state index < -0.39 is 0 Å². The largest absolute Gasteiger partial charge is 0.493 e. The molecule has 2 amide bonds. The second-order valence-electron chi connectivity index (χ2n) is 4.62. The van der Waals surface area contributed by atoms with Crippen LogP contribution in [0.3, 0.4) is 0 Å². The van der Waals surface area contributed by atoms with Gasteiger partial charge in [-0.15, -0.1) is 0 Å². The monoisotopic (exact) mass is 335 g/mol. The minimum absolute atomic E-state index is 0.0944. The van der Waals surface area contributed by atoms with Gasteiger partial charge in [0.05, 0.1) is 7.11 Å². The van der Waals surface area contributed by atoms with Crippen LogP contribution in [0.15, 0.2) is 23.9 Å². The molecule has 1 heterocycles. The molecule has 0 saturated carbocycles. The molecule has 8 heteroatoms. The van der Waals surface area contributed by atoms with Gasteiger partial charge in [0.2, 0.25) is 0 Å². The SMILES string of the molecule is CCNC(=O)COc1ccc(/C=C2\NC(=S)NC2=O)cc1OC. The Balaban J connectivity index is 2.13. The first-order valence-electron chi connectivity index (χ1n) is 6.95. The standard InChI is InChI=1S/C15H17N3O4S/c1-3-16-13(19)8-22-11-5-4-9(7-12(11)21-2)6-10-14(20)18-15(23)17-10/h4-7H,3,8H2,1-2H3,(H,16,19)(H2,17,18,20,23)/b10-6-. The van der Waals surface area contributed by atoms with Gasteiger partial charge in [0.1, 0.15) is 5.70 Å². The van der Waals surface area contributed by atoms with E-state index in [0.717, 1.165) is 5.56 Å². The van der Waals surface area contributed by atoms with Crippen LogP contribution in [0, 0.1) is 0 Å². The van der Waals surface area contributed by atoms with Crippen LogP contribution in [0.4, 0.5) is 0 Å². The summed E-state index contributed by atoms with van der Waals surface area (Å²) in [6, 6.07) is 5.13. The van der Waals surface area contributed by atoms with Gasteiger partial charge in [-0.25, -0.2) is 0 Å². The molecule has 7 nitrogen and oxygen atoms in total. The zero-order chi connectivity index (χ0) is 16.8. The highest BCUT2D eigenvalue weighted by Gasteiger charge is 2.20. The maximum atomic E-state index is 11.6. The highest BCUT2D eigenvalue weighted by Crippen LogP contribution is 2.29. The third kappa shape index (κ3) is 4.43. The smallest absolute Gasteiger partial charge is 0.273 e. The molecule has 0 radical (unpaired) electrons. The van der Waals surface area contributed by atoms with Gasteiger partial charge in [-0.1, -0.05) is 6.07 Å². The van der Waals surface area contributed by atoms with E-state index in [-0.39, 0.29) is 23.5 Å². The van der Waals surface area contributed by atoms with Crippen LogP contribution in [-0.2, 0) is 9.59 Å². The van der Waals surface area contributed by atoms with Crippen molar-refractivity contribution in [3.63, 3.8) is 0 Å². The molecule has 1 aliphatic rings. The number of likely N-dealkylation sites (N-methyl/N-ethyl adjacent to an activating group) is 1. The number of carbonyl (C=O) groups excluding carboxylic acids is 2. The Hall–Kier alpha value is -2.61. The van der Waals surface area contributed by atoms with E-state index in [1.807, 2.05) is 6.92 Å². The molecule has 1 aliphatic heterocycles. The molecule has 1 saturated heterocycles. The Morgan fingerprint density at radius 1 is 1.35 bits per heavy atom. The molecule has 0 aliphatic carbocycles. The van der Waals surface area contributed by atoms with Crippen molar-refractivity contribution in [1.29, 1.82) is 0 Å². The van der Waals surface area contributed by atoms with Crippen LogP contribution < -0.4 is 25.4 Å². The van der Waals surface area contributed by atoms with E-state index in [0.29, 0.717) is 23.7 Å². The molecule has 3 N–H and O–H groups in total. The van der Waals surface area contributed by atoms with Crippen LogP contribution in [-0.4, -0.2) is 37.2 Å². The number of hydrogen-bond acceptors (Lipinski definition) is 5. The maximum Gasteiger partial charge on any atom is 0.273 e. The van der Waals surface area contributed by atoms with Crippen molar-refractivity contribution in [3.8, 4) is 11.5 Å². The van der Waals surface area contributed by atoms with Crippen LogP contribution in [0.1, 0.15) is 12.5 Å². The first-order valence-corrected chi connectivity index (χ1v) is 7.36. The Labute approximate surface area is 139 Å². The van der Waals surface area contributed by atoms with E-state index in [9.17, 15) is 9.59 Å². The first-order chi connectivity index (χ1) is 11.0. The molecule has 2 rings (SSSR count). The van der Waals surface area contributed by atoms with Gasteiger partial charge in [-0.2, -0.15) is 0 Å². The summed E-state index contributed by atoms with van der Waals surface area (Å²) in [5, 5.41) is 8.17. The molecule has 0 atom stereocenters. The lowest BCUT2D eigenvalue weighted by molar-refractivity contribution is -0.123. The highest BCUT2D eigenvalue weighted by atomic mass is 32.1. The third-order valence-corrected chi connectivity index (χ3v) is 3.16. The number of thiocarbonyl (C=S) groups is 1. The number of ether oxygens (including phenoxy) is 2. The number of hydrogen-bond donors (Lipinski definition) is 3. The maximum absolute atomic E-state index is 11.6. The number of nitrogens with one attached hydrogen (secondary N) is 3. The van der Waals surface area contributed by atoms with Gasteiger partial charge >= 0.3 is 0 Å². The highest BCUT2D eigenvalue weighted by molar-refractivity contribution is 7.80. The van der Waals surface area contributed by atoms with E-state index >= 15 is 0 Å². The number of carbonyl (C=O) groups is 2. The van der Waals surface area contributed by atoms with Crippen LogP contribution in [0.2, 0.25) is 0 Å². The second-order valence-corrected chi connectivity index (χ2v) is 5.03. The number of methoxy groups -OCH3 is 1. The number of rotatable bonds is 6. The molecular formula is C15H17N3O4S. The van der Waals surface area contributed by atoms with Gasteiger partial charge in [-0.05, 0) is 42.9 Å². The summed E-state index contributed by atoms with van der Waals surface area (Å²) >= 11 is 4.87. The fraction of sp³-hybridized carbons (Fsp3) is 0.267. The lowest BCUT2D eigenvalue weighted by Crippen LogP contribution is -2.28. The molecule has 1 aromatic carbocycles. The number of benzene rings is 1. The van der Waals surface area contributed by atoms with Crippen LogP contribution in [0.5, 0.6) is 11.5 Å². The Morgan fingerprint density at radius 3 is 2.74 bits per heavy atom. The summed E-state index contributed by atoms with van der Waals surface area (Å²) in [7, 11) is 1.50. The van der Waals surface area contributed by atoms with Gasteiger partial charge in [0.15, 0.2) is 23.2 Å². The summed E-state index contributed by atoms with van der Waals surface area (Å²) in [4.78, 5) is 23.0. The predicted octanol–water partition coefficient (Wildman–Crippen LogP) is 0.555. The van der Waals surface area contributed by atoms with Crippen molar-refractivity contribution in [2.75, 3.05) is 20.3 Å². The van der Waals surface area contributed by atoms with E-state index in [1.165, 1.54) is 7.11 Å². The van der Waals surface area contributed by atoms with Gasteiger partial charge < -0.3 is 20.1 Å². The van der Waals surface area contributed by atoms with E-state index in [1.54, 1.807) is 24.3 Å². The molecule has 0 aromatic heterocycles. The normalized spacial score (nSPS) is 15.1. The zero-order valence-electron chi connectivity index (χ0n) is 12.8. The fourth-order valence-corrected chi connectivity index (χ4v) is 2.14. The molecule has 0 unspecified atom stereocenters. The van der Waals surface area contributed by atoms with Crippen molar-refractivity contribution in [1.82, 2.24) is 16.0 Å². The summed E-state index contributed by atoms with van der Waals surface area (Å²) in [6.07, 6.45) is 1.64. The van der Waals surface area contributed by atoms with Crippen molar-refractivity contribution < 1.29 is 19.1 Å². The van der Waals surface area contributed by atoms with Crippen molar-refractivity contribution in [2.24, 2.45) is 0 Å². The molecular weight excluding hydrogens is 318 g/mol. The molecule has 0 bridgehead atoms. The quantitative estimate of drug-likeness (QED) is 0.520. The van der Waals surface area contributed by atoms with E-state index in [4.69, 9.17) is 21.7 Å². The van der Waals surface area contributed by atoms with Gasteiger partial charge in [0.25, 0.3) is 11.8 Å².